The monoisotopic (exact) mass is 259 g/mol. The molecule has 0 fully saturated rings. The van der Waals surface area contributed by atoms with Gasteiger partial charge in [0.25, 0.3) is 0 Å². The van der Waals surface area contributed by atoms with Gasteiger partial charge in [0.05, 0.1) is 0 Å². The van der Waals surface area contributed by atoms with Crippen LogP contribution in [0, 0.1) is 6.92 Å². The van der Waals surface area contributed by atoms with Crippen LogP contribution in [0.25, 0.3) is 10.9 Å². The second-order valence-corrected chi connectivity index (χ2v) is 5.99. The lowest BCUT2D eigenvalue weighted by molar-refractivity contribution is -0.142. The quantitative estimate of drug-likeness (QED) is 0.908. The lowest BCUT2D eigenvalue weighted by Crippen LogP contribution is -2.31. The predicted molar refractivity (Wildman–Crippen MR) is 77.7 cm³/mol. The molecule has 2 rings (SSSR count). The number of benzene rings is 1. The smallest absolute Gasteiger partial charge is 0.315 e. The summed E-state index contributed by atoms with van der Waals surface area (Å²) in [5.41, 5.74) is 2.26. The van der Waals surface area contributed by atoms with Crippen LogP contribution in [0.1, 0.15) is 45.0 Å². The van der Waals surface area contributed by atoms with E-state index in [1.807, 2.05) is 13.0 Å². The van der Waals surface area contributed by atoms with E-state index >= 15 is 0 Å². The van der Waals surface area contributed by atoms with Gasteiger partial charge in [0.2, 0.25) is 0 Å². The maximum Gasteiger partial charge on any atom is 0.315 e. The van der Waals surface area contributed by atoms with E-state index in [-0.39, 0.29) is 6.04 Å². The largest absolute Gasteiger partial charge is 0.481 e. The summed E-state index contributed by atoms with van der Waals surface area (Å²) in [4.78, 5) is 11.5. The Morgan fingerprint density at radius 2 is 1.89 bits per heavy atom. The Labute approximate surface area is 113 Å². The van der Waals surface area contributed by atoms with Crippen LogP contribution in [0.4, 0.5) is 0 Å². The summed E-state index contributed by atoms with van der Waals surface area (Å²) in [5.74, 6) is -0.797. The van der Waals surface area contributed by atoms with Crippen molar-refractivity contribution < 1.29 is 9.90 Å². The molecule has 1 aromatic heterocycles. The zero-order valence-corrected chi connectivity index (χ0v) is 12.2. The molecule has 0 saturated heterocycles. The van der Waals surface area contributed by atoms with E-state index in [4.69, 9.17) is 0 Å². The van der Waals surface area contributed by atoms with Crippen LogP contribution in [-0.4, -0.2) is 15.6 Å². The SMILES string of the molecule is Cc1ccc2c(c1)cc(C(C)(C)C(=O)O)n2C(C)C. The maximum atomic E-state index is 11.5. The number of carboxylic acids is 1. The normalized spacial score (nSPS) is 12.3. The molecule has 2 aromatic rings. The van der Waals surface area contributed by atoms with Crippen molar-refractivity contribution in [3.05, 3.63) is 35.5 Å². The third-order valence-electron chi connectivity index (χ3n) is 3.69. The van der Waals surface area contributed by atoms with E-state index in [1.165, 1.54) is 5.56 Å². The van der Waals surface area contributed by atoms with Gasteiger partial charge in [-0.3, -0.25) is 4.79 Å². The van der Waals surface area contributed by atoms with E-state index in [2.05, 4.69) is 36.6 Å². The van der Waals surface area contributed by atoms with Crippen LogP contribution in [0.2, 0.25) is 0 Å². The second kappa shape index (κ2) is 4.41. The minimum absolute atomic E-state index is 0.230. The van der Waals surface area contributed by atoms with E-state index in [1.54, 1.807) is 13.8 Å². The summed E-state index contributed by atoms with van der Waals surface area (Å²) in [5, 5.41) is 10.6. The molecule has 3 heteroatoms. The second-order valence-electron chi connectivity index (χ2n) is 5.99. The average molecular weight is 259 g/mol. The first-order chi connectivity index (χ1) is 8.75. The number of nitrogens with zero attached hydrogens (tertiary/aromatic N) is 1. The molecule has 1 heterocycles. The van der Waals surface area contributed by atoms with Crippen molar-refractivity contribution >= 4 is 16.9 Å². The number of aryl methyl sites for hydroxylation is 1. The Balaban J connectivity index is 2.80. The van der Waals surface area contributed by atoms with Gasteiger partial charge in [-0.25, -0.2) is 0 Å². The Hall–Kier alpha value is -1.77. The minimum Gasteiger partial charge on any atom is -0.481 e. The topological polar surface area (TPSA) is 42.2 Å². The summed E-state index contributed by atoms with van der Waals surface area (Å²) in [6, 6.07) is 8.49. The molecule has 1 aromatic carbocycles. The summed E-state index contributed by atoms with van der Waals surface area (Å²) in [7, 11) is 0. The van der Waals surface area contributed by atoms with Gasteiger partial charge in [0, 0.05) is 22.6 Å². The number of carboxylic acid groups (broad SMARTS) is 1. The van der Waals surface area contributed by atoms with E-state index < -0.39 is 11.4 Å². The van der Waals surface area contributed by atoms with Crippen LogP contribution in [0.15, 0.2) is 24.3 Å². The van der Waals surface area contributed by atoms with Crippen molar-refractivity contribution in [1.82, 2.24) is 4.57 Å². The third kappa shape index (κ3) is 2.14. The molecule has 0 aliphatic carbocycles. The molecule has 0 atom stereocenters. The van der Waals surface area contributed by atoms with E-state index in [9.17, 15) is 9.90 Å². The first-order valence-electron chi connectivity index (χ1n) is 6.60. The summed E-state index contributed by atoms with van der Waals surface area (Å²) in [6.45, 7) is 9.74. The molecule has 0 aliphatic rings. The Kier molecular flexibility index (Phi) is 3.17. The number of hydrogen-bond donors (Lipinski definition) is 1. The maximum absolute atomic E-state index is 11.5. The number of aliphatic carboxylic acids is 1. The van der Waals surface area contributed by atoms with Crippen molar-refractivity contribution in [2.45, 2.75) is 46.1 Å². The highest BCUT2D eigenvalue weighted by Crippen LogP contribution is 2.33. The van der Waals surface area contributed by atoms with Crippen molar-refractivity contribution in [2.24, 2.45) is 0 Å². The Morgan fingerprint density at radius 1 is 1.26 bits per heavy atom. The zero-order valence-electron chi connectivity index (χ0n) is 12.2. The molecule has 0 saturated carbocycles. The van der Waals surface area contributed by atoms with Crippen LogP contribution in [-0.2, 0) is 10.2 Å². The van der Waals surface area contributed by atoms with E-state index in [0.717, 1.165) is 16.6 Å². The predicted octanol–water partition coefficient (Wildman–Crippen LogP) is 3.89. The highest BCUT2D eigenvalue weighted by Gasteiger charge is 2.33. The lowest BCUT2D eigenvalue weighted by atomic mass is 9.89. The Bertz CT molecular complexity index is 635. The van der Waals surface area contributed by atoms with Crippen molar-refractivity contribution in [3.8, 4) is 0 Å². The van der Waals surface area contributed by atoms with Gasteiger partial charge < -0.3 is 9.67 Å². The molecular formula is C16H21NO2. The molecule has 0 bridgehead atoms. The summed E-state index contributed by atoms with van der Waals surface area (Å²) >= 11 is 0. The van der Waals surface area contributed by atoms with Gasteiger partial charge in [0.1, 0.15) is 5.41 Å². The highest BCUT2D eigenvalue weighted by molar-refractivity contribution is 5.87. The fourth-order valence-electron chi connectivity index (χ4n) is 2.50. The molecule has 1 N–H and O–H groups in total. The fourth-order valence-corrected chi connectivity index (χ4v) is 2.50. The number of rotatable bonds is 3. The van der Waals surface area contributed by atoms with Gasteiger partial charge in [-0.15, -0.1) is 0 Å². The Morgan fingerprint density at radius 3 is 2.42 bits per heavy atom. The van der Waals surface area contributed by atoms with Crippen LogP contribution >= 0.6 is 0 Å². The molecule has 0 radical (unpaired) electrons. The first-order valence-corrected chi connectivity index (χ1v) is 6.60. The van der Waals surface area contributed by atoms with Crippen LogP contribution in [0.5, 0.6) is 0 Å². The molecule has 19 heavy (non-hydrogen) atoms. The molecule has 102 valence electrons. The van der Waals surface area contributed by atoms with Gasteiger partial charge in [-0.2, -0.15) is 0 Å². The summed E-state index contributed by atoms with van der Waals surface area (Å²) < 4.78 is 2.13. The number of hydrogen-bond acceptors (Lipinski definition) is 1. The summed E-state index contributed by atoms with van der Waals surface area (Å²) in [6.07, 6.45) is 0. The minimum atomic E-state index is -0.892. The van der Waals surface area contributed by atoms with Gasteiger partial charge in [-0.1, -0.05) is 11.6 Å². The molecular weight excluding hydrogens is 238 g/mol. The number of carbonyl (C=O) groups is 1. The molecule has 0 unspecified atom stereocenters. The van der Waals surface area contributed by atoms with Crippen molar-refractivity contribution in [3.63, 3.8) is 0 Å². The molecule has 0 aliphatic heterocycles. The van der Waals surface area contributed by atoms with Crippen molar-refractivity contribution in [2.75, 3.05) is 0 Å². The van der Waals surface area contributed by atoms with Gasteiger partial charge in [-0.05, 0) is 52.8 Å². The fraction of sp³-hybridized carbons (Fsp3) is 0.438. The third-order valence-corrected chi connectivity index (χ3v) is 3.69. The molecule has 3 nitrogen and oxygen atoms in total. The van der Waals surface area contributed by atoms with Gasteiger partial charge in [0.15, 0.2) is 0 Å². The zero-order chi connectivity index (χ0) is 14.4. The number of fused-ring (bicyclic) bond motifs is 1. The standard InChI is InChI=1S/C16H21NO2/c1-10(2)17-13-7-6-11(3)8-12(13)9-14(17)16(4,5)15(18)19/h6-10H,1-5H3,(H,18,19). The highest BCUT2D eigenvalue weighted by atomic mass is 16.4. The first kappa shape index (κ1) is 13.7. The molecule has 0 spiro atoms. The lowest BCUT2D eigenvalue weighted by Gasteiger charge is -2.24. The van der Waals surface area contributed by atoms with Gasteiger partial charge >= 0.3 is 5.97 Å². The van der Waals surface area contributed by atoms with Crippen molar-refractivity contribution in [1.29, 1.82) is 0 Å². The average Bonchev–Trinajstić information content (AvgIpc) is 2.67. The van der Waals surface area contributed by atoms with Crippen LogP contribution < -0.4 is 0 Å². The van der Waals surface area contributed by atoms with E-state index in [0.29, 0.717) is 0 Å². The molecule has 0 amide bonds. The number of aromatic nitrogens is 1. The van der Waals surface area contributed by atoms with Crippen LogP contribution in [0.3, 0.4) is 0 Å².